The van der Waals surface area contributed by atoms with E-state index >= 15 is 0 Å². The molecule has 2 heterocycles. The molecule has 0 spiro atoms. The first kappa shape index (κ1) is 29.8. The minimum absolute atomic E-state index is 0.00869. The van der Waals surface area contributed by atoms with Crippen molar-refractivity contribution in [2.45, 2.75) is 50.4 Å². The number of aromatic nitrogens is 2. The second kappa shape index (κ2) is 13.0. The number of amides is 4. The third-order valence-corrected chi connectivity index (χ3v) is 6.96. The van der Waals surface area contributed by atoms with Gasteiger partial charge in [-0.25, -0.2) is 4.79 Å². The first-order valence-electron chi connectivity index (χ1n) is 13.3. The minimum Gasteiger partial charge on any atom is -0.480 e. The van der Waals surface area contributed by atoms with Gasteiger partial charge in [-0.3, -0.25) is 19.2 Å². The molecule has 0 bridgehead atoms. The average Bonchev–Trinajstić information content (AvgIpc) is 3.56. The highest BCUT2D eigenvalue weighted by Crippen LogP contribution is 2.20. The van der Waals surface area contributed by atoms with Crippen molar-refractivity contribution < 1.29 is 29.1 Å². The smallest absolute Gasteiger partial charge is 0.326 e. The molecule has 4 atom stereocenters. The second-order valence-corrected chi connectivity index (χ2v) is 10.1. The lowest BCUT2D eigenvalue weighted by Gasteiger charge is -2.23. The van der Waals surface area contributed by atoms with Gasteiger partial charge in [0.25, 0.3) is 0 Å². The van der Waals surface area contributed by atoms with E-state index in [2.05, 4.69) is 25.9 Å². The topological polar surface area (TPSA) is 225 Å². The molecule has 2 aromatic carbocycles. The van der Waals surface area contributed by atoms with E-state index in [4.69, 9.17) is 11.5 Å². The quantitative estimate of drug-likeness (QED) is 0.110. The van der Waals surface area contributed by atoms with Gasteiger partial charge in [0.05, 0.1) is 12.5 Å². The van der Waals surface area contributed by atoms with Crippen LogP contribution in [0.15, 0.2) is 60.9 Å². The fourth-order valence-corrected chi connectivity index (χ4v) is 4.72. The maximum Gasteiger partial charge on any atom is 0.326 e. The van der Waals surface area contributed by atoms with E-state index in [1.54, 1.807) is 12.4 Å². The van der Waals surface area contributed by atoms with Crippen LogP contribution in [-0.4, -0.2) is 68.8 Å². The molecule has 4 aromatic rings. The van der Waals surface area contributed by atoms with E-state index in [9.17, 15) is 29.1 Å². The van der Waals surface area contributed by atoms with Gasteiger partial charge in [0.1, 0.15) is 18.1 Å². The van der Waals surface area contributed by atoms with Crippen LogP contribution >= 0.6 is 0 Å². The summed E-state index contributed by atoms with van der Waals surface area (Å²) in [4.78, 5) is 68.4. The van der Waals surface area contributed by atoms with E-state index in [1.807, 2.05) is 48.5 Å². The molecular formula is C29H33N7O6. The number of aromatic amines is 2. The first-order valence-corrected chi connectivity index (χ1v) is 13.3. The summed E-state index contributed by atoms with van der Waals surface area (Å²) in [5.41, 5.74) is 14.5. The van der Waals surface area contributed by atoms with Crippen LogP contribution in [0.5, 0.6) is 0 Å². The number of hydrogen-bond donors (Lipinski definition) is 8. The molecule has 0 saturated carbocycles. The SMILES string of the molecule is CC(NC(=O)C(N)Cc1c[nH]c2ccccc12)C(=O)NC(Cc1c[nH]c2ccccc12)C(=O)NC(CC(N)=O)C(=O)O. The lowest BCUT2D eigenvalue weighted by atomic mass is 10.0. The fraction of sp³-hybridized carbons (Fsp3) is 0.276. The number of aliphatic carboxylic acids is 1. The van der Waals surface area contributed by atoms with Crippen molar-refractivity contribution >= 4 is 51.4 Å². The molecule has 13 nitrogen and oxygen atoms in total. The summed E-state index contributed by atoms with van der Waals surface area (Å²) in [5, 5.41) is 18.6. The first-order chi connectivity index (χ1) is 20.0. The summed E-state index contributed by atoms with van der Waals surface area (Å²) in [5.74, 6) is -4.46. The second-order valence-electron chi connectivity index (χ2n) is 10.1. The van der Waals surface area contributed by atoms with Gasteiger partial charge in [-0.15, -0.1) is 0 Å². The standard InChI is InChI=1S/C29H33N7O6/c1-15(34-27(39)20(30)10-16-13-32-21-8-4-2-6-18(16)21)26(38)35-23(28(40)36-24(29(41)42)12-25(31)37)11-17-14-33-22-9-5-3-7-19(17)22/h2-9,13-15,20,23-24,32-33H,10-12,30H2,1H3,(H2,31,37)(H,34,39)(H,35,38)(H,36,40)(H,41,42). The van der Waals surface area contributed by atoms with E-state index in [-0.39, 0.29) is 12.8 Å². The number of primary amides is 1. The van der Waals surface area contributed by atoms with Crippen LogP contribution in [0.25, 0.3) is 21.8 Å². The highest BCUT2D eigenvalue weighted by Gasteiger charge is 2.30. The van der Waals surface area contributed by atoms with Crippen LogP contribution in [0, 0.1) is 0 Å². The Bertz CT molecular complexity index is 1630. The van der Waals surface area contributed by atoms with Crippen LogP contribution in [0.2, 0.25) is 0 Å². The number of hydrogen-bond acceptors (Lipinski definition) is 6. The summed E-state index contributed by atoms with van der Waals surface area (Å²) in [6.07, 6.45) is 3.06. The number of rotatable bonds is 13. The molecule has 0 aliphatic heterocycles. The molecule has 42 heavy (non-hydrogen) atoms. The Hall–Kier alpha value is -5.17. The number of fused-ring (bicyclic) bond motifs is 2. The molecular weight excluding hydrogens is 542 g/mol. The van der Waals surface area contributed by atoms with Crippen molar-refractivity contribution in [3.8, 4) is 0 Å². The number of benzene rings is 2. The maximum atomic E-state index is 13.2. The molecule has 10 N–H and O–H groups in total. The lowest BCUT2D eigenvalue weighted by molar-refractivity contribution is -0.143. The van der Waals surface area contributed by atoms with E-state index in [0.29, 0.717) is 5.56 Å². The third kappa shape index (κ3) is 7.12. The van der Waals surface area contributed by atoms with E-state index in [0.717, 1.165) is 27.4 Å². The molecule has 4 amide bonds. The van der Waals surface area contributed by atoms with Crippen molar-refractivity contribution in [3.05, 3.63) is 72.1 Å². The van der Waals surface area contributed by atoms with Crippen molar-refractivity contribution in [2.75, 3.05) is 0 Å². The lowest BCUT2D eigenvalue weighted by Crippen LogP contribution is -2.57. The molecule has 0 aliphatic rings. The Kier molecular flexibility index (Phi) is 9.22. The zero-order chi connectivity index (χ0) is 30.4. The van der Waals surface area contributed by atoms with Crippen molar-refractivity contribution in [3.63, 3.8) is 0 Å². The van der Waals surface area contributed by atoms with Gasteiger partial charge in [-0.2, -0.15) is 0 Å². The number of carboxylic acids is 1. The Morgan fingerprint density at radius 1 is 0.762 bits per heavy atom. The Balaban J connectivity index is 1.45. The van der Waals surface area contributed by atoms with Gasteiger partial charge in [-0.1, -0.05) is 36.4 Å². The molecule has 0 aliphatic carbocycles. The Morgan fingerprint density at radius 3 is 1.83 bits per heavy atom. The zero-order valence-corrected chi connectivity index (χ0v) is 22.8. The molecule has 4 rings (SSSR count). The van der Waals surface area contributed by atoms with Crippen molar-refractivity contribution in [1.29, 1.82) is 0 Å². The fourth-order valence-electron chi connectivity index (χ4n) is 4.72. The monoisotopic (exact) mass is 575 g/mol. The van der Waals surface area contributed by atoms with Crippen LogP contribution in [0.4, 0.5) is 0 Å². The van der Waals surface area contributed by atoms with Crippen molar-refractivity contribution in [2.24, 2.45) is 11.5 Å². The van der Waals surface area contributed by atoms with E-state index in [1.165, 1.54) is 6.92 Å². The van der Waals surface area contributed by atoms with Gasteiger partial charge in [0.2, 0.25) is 23.6 Å². The third-order valence-electron chi connectivity index (χ3n) is 6.96. The number of carbonyl (C=O) groups is 5. The highest BCUT2D eigenvalue weighted by molar-refractivity contribution is 5.95. The molecule has 0 radical (unpaired) electrons. The summed E-state index contributed by atoms with van der Waals surface area (Å²) < 4.78 is 0. The summed E-state index contributed by atoms with van der Waals surface area (Å²) in [6, 6.07) is 10.1. The predicted molar refractivity (Wildman–Crippen MR) is 155 cm³/mol. The molecule has 220 valence electrons. The van der Waals surface area contributed by atoms with Crippen LogP contribution < -0.4 is 27.4 Å². The molecule has 0 saturated heterocycles. The van der Waals surface area contributed by atoms with Crippen LogP contribution in [-0.2, 0) is 36.8 Å². The van der Waals surface area contributed by atoms with Gasteiger partial charge in [0, 0.05) is 40.6 Å². The van der Waals surface area contributed by atoms with Gasteiger partial charge < -0.3 is 42.5 Å². The van der Waals surface area contributed by atoms with E-state index < -0.39 is 60.2 Å². The number of carboxylic acid groups (broad SMARTS) is 1. The molecule has 0 fully saturated rings. The van der Waals surface area contributed by atoms with Crippen LogP contribution in [0.3, 0.4) is 0 Å². The Morgan fingerprint density at radius 2 is 1.29 bits per heavy atom. The van der Waals surface area contributed by atoms with Crippen molar-refractivity contribution in [1.82, 2.24) is 25.9 Å². The predicted octanol–water partition coefficient (Wildman–Crippen LogP) is 0.196. The maximum absolute atomic E-state index is 13.2. The number of para-hydroxylation sites is 2. The van der Waals surface area contributed by atoms with Crippen LogP contribution in [0.1, 0.15) is 24.5 Å². The zero-order valence-electron chi connectivity index (χ0n) is 22.8. The highest BCUT2D eigenvalue weighted by atomic mass is 16.4. The normalized spacial score (nSPS) is 14.0. The van der Waals surface area contributed by atoms with Gasteiger partial charge >= 0.3 is 5.97 Å². The minimum atomic E-state index is -1.59. The molecule has 2 aromatic heterocycles. The number of H-pyrrole nitrogens is 2. The summed E-state index contributed by atoms with van der Waals surface area (Å²) in [7, 11) is 0. The largest absolute Gasteiger partial charge is 0.480 e. The molecule has 4 unspecified atom stereocenters. The van der Waals surface area contributed by atoms with Gasteiger partial charge in [-0.05, 0) is 36.6 Å². The number of nitrogens with two attached hydrogens (primary N) is 2. The Labute approximate surface area is 240 Å². The average molecular weight is 576 g/mol. The number of nitrogens with one attached hydrogen (secondary N) is 5. The summed E-state index contributed by atoms with van der Waals surface area (Å²) in [6.45, 7) is 1.44. The summed E-state index contributed by atoms with van der Waals surface area (Å²) >= 11 is 0. The van der Waals surface area contributed by atoms with Gasteiger partial charge in [0.15, 0.2) is 0 Å². The molecule has 13 heteroatoms. The number of carbonyl (C=O) groups excluding carboxylic acids is 4.